The van der Waals surface area contributed by atoms with E-state index in [4.69, 9.17) is 5.73 Å². The van der Waals surface area contributed by atoms with E-state index in [9.17, 15) is 9.59 Å². The first-order chi connectivity index (χ1) is 12.0. The summed E-state index contributed by atoms with van der Waals surface area (Å²) in [7, 11) is 0. The van der Waals surface area contributed by atoms with Crippen LogP contribution in [-0.4, -0.2) is 33.1 Å². The predicted molar refractivity (Wildman–Crippen MR) is 96.6 cm³/mol. The van der Waals surface area contributed by atoms with Gasteiger partial charge in [-0.2, -0.15) is 0 Å². The molecule has 136 valence electrons. The Bertz CT molecular complexity index is 817. The van der Waals surface area contributed by atoms with Crippen molar-refractivity contribution in [3.05, 3.63) is 33.4 Å². The predicted octanol–water partition coefficient (Wildman–Crippen LogP) is 1.21. The zero-order chi connectivity index (χ0) is 18.0. The van der Waals surface area contributed by atoms with Gasteiger partial charge in [0.1, 0.15) is 0 Å². The molecule has 1 aliphatic rings. The monoisotopic (exact) mass is 345 g/mol. The standard InChI is InChI=1S/C18H27N5O2/c1-11-14(12(2)23-16(20-11)9-18(25)22-23)8-17(24)21-15(10-19)13-6-4-3-5-7-13/h9,13,15H,3-8,10,19H2,1-2H3,(H,21,24)(H,22,25). The van der Waals surface area contributed by atoms with E-state index < -0.39 is 0 Å². The number of fused-ring (bicyclic) bond motifs is 1. The Morgan fingerprint density at radius 1 is 1.40 bits per heavy atom. The molecule has 1 saturated carbocycles. The highest BCUT2D eigenvalue weighted by Gasteiger charge is 2.24. The molecule has 1 unspecified atom stereocenters. The maximum absolute atomic E-state index is 12.6. The van der Waals surface area contributed by atoms with Gasteiger partial charge in [-0.05, 0) is 32.6 Å². The molecule has 0 spiro atoms. The van der Waals surface area contributed by atoms with Crippen molar-refractivity contribution in [2.75, 3.05) is 6.54 Å². The number of carbonyl (C=O) groups is 1. The van der Waals surface area contributed by atoms with Gasteiger partial charge in [0.2, 0.25) is 5.91 Å². The highest BCUT2D eigenvalue weighted by Crippen LogP contribution is 2.26. The van der Waals surface area contributed by atoms with E-state index in [2.05, 4.69) is 15.4 Å². The Morgan fingerprint density at radius 3 is 2.80 bits per heavy atom. The van der Waals surface area contributed by atoms with Crippen LogP contribution in [-0.2, 0) is 11.2 Å². The van der Waals surface area contributed by atoms with Gasteiger partial charge in [0.25, 0.3) is 5.56 Å². The molecule has 2 aromatic rings. The van der Waals surface area contributed by atoms with Crippen molar-refractivity contribution < 1.29 is 4.79 Å². The van der Waals surface area contributed by atoms with E-state index in [1.807, 2.05) is 13.8 Å². The summed E-state index contributed by atoms with van der Waals surface area (Å²) in [5.41, 5.74) is 8.74. The number of nitrogens with two attached hydrogens (primary N) is 1. The van der Waals surface area contributed by atoms with Crippen molar-refractivity contribution in [3.63, 3.8) is 0 Å². The summed E-state index contributed by atoms with van der Waals surface area (Å²) in [6.07, 6.45) is 6.23. The minimum absolute atomic E-state index is 0.0384. The fourth-order valence-electron chi connectivity index (χ4n) is 3.94. The molecule has 1 atom stereocenters. The van der Waals surface area contributed by atoms with E-state index in [1.54, 1.807) is 4.52 Å². The number of H-pyrrole nitrogens is 1. The highest BCUT2D eigenvalue weighted by molar-refractivity contribution is 5.79. The second-order valence-corrected chi connectivity index (χ2v) is 7.06. The molecule has 0 bridgehead atoms. The number of carbonyl (C=O) groups excluding carboxylic acids is 1. The van der Waals surface area contributed by atoms with Crippen molar-refractivity contribution in [3.8, 4) is 0 Å². The molecule has 0 aliphatic heterocycles. The van der Waals surface area contributed by atoms with Crippen molar-refractivity contribution in [1.82, 2.24) is 19.9 Å². The van der Waals surface area contributed by atoms with Gasteiger partial charge in [0.15, 0.2) is 5.65 Å². The van der Waals surface area contributed by atoms with Crippen molar-refractivity contribution in [2.45, 2.75) is 58.4 Å². The molecule has 0 radical (unpaired) electrons. The fourth-order valence-corrected chi connectivity index (χ4v) is 3.94. The lowest BCUT2D eigenvalue weighted by atomic mass is 9.84. The molecule has 4 N–H and O–H groups in total. The van der Waals surface area contributed by atoms with Crippen LogP contribution < -0.4 is 16.6 Å². The van der Waals surface area contributed by atoms with Crippen molar-refractivity contribution in [1.29, 1.82) is 0 Å². The van der Waals surface area contributed by atoms with Gasteiger partial charge in [0, 0.05) is 35.6 Å². The number of aryl methyl sites for hydroxylation is 2. The van der Waals surface area contributed by atoms with Crippen molar-refractivity contribution >= 4 is 11.6 Å². The van der Waals surface area contributed by atoms with Crippen LogP contribution in [0.3, 0.4) is 0 Å². The highest BCUT2D eigenvalue weighted by atomic mass is 16.1. The molecule has 7 heteroatoms. The van der Waals surface area contributed by atoms with Crippen LogP contribution in [0.2, 0.25) is 0 Å². The first-order valence-corrected chi connectivity index (χ1v) is 9.07. The van der Waals surface area contributed by atoms with Crippen LogP contribution in [0.1, 0.15) is 49.1 Å². The average Bonchev–Trinajstić information content (AvgIpc) is 2.97. The van der Waals surface area contributed by atoms with Gasteiger partial charge < -0.3 is 11.1 Å². The Labute approximate surface area is 147 Å². The minimum Gasteiger partial charge on any atom is -0.352 e. The summed E-state index contributed by atoms with van der Waals surface area (Å²) in [6, 6.07) is 1.49. The van der Waals surface area contributed by atoms with E-state index in [-0.39, 0.29) is 23.9 Å². The maximum atomic E-state index is 12.6. The summed E-state index contributed by atoms with van der Waals surface area (Å²) >= 11 is 0. The average molecular weight is 345 g/mol. The molecule has 1 fully saturated rings. The number of nitrogens with one attached hydrogen (secondary N) is 2. The first kappa shape index (κ1) is 17.7. The lowest BCUT2D eigenvalue weighted by Crippen LogP contribution is -2.46. The third kappa shape index (κ3) is 3.76. The fraction of sp³-hybridized carbons (Fsp3) is 0.611. The number of aromatic nitrogens is 3. The first-order valence-electron chi connectivity index (χ1n) is 9.07. The number of aromatic amines is 1. The lowest BCUT2D eigenvalue weighted by molar-refractivity contribution is -0.121. The van der Waals surface area contributed by atoms with E-state index in [0.29, 0.717) is 18.1 Å². The van der Waals surface area contributed by atoms with Crippen LogP contribution in [0.25, 0.3) is 5.65 Å². The number of rotatable bonds is 5. The Hall–Kier alpha value is -2.15. The van der Waals surface area contributed by atoms with E-state index in [0.717, 1.165) is 29.8 Å². The molecule has 0 saturated heterocycles. The second-order valence-electron chi connectivity index (χ2n) is 7.06. The zero-order valence-corrected chi connectivity index (χ0v) is 15.0. The summed E-state index contributed by atoms with van der Waals surface area (Å²) in [5, 5.41) is 5.84. The van der Waals surface area contributed by atoms with Crippen LogP contribution in [0.4, 0.5) is 0 Å². The van der Waals surface area contributed by atoms with Gasteiger partial charge in [-0.25, -0.2) is 9.50 Å². The second kappa shape index (κ2) is 7.39. The van der Waals surface area contributed by atoms with E-state index >= 15 is 0 Å². The molecule has 7 nitrogen and oxygen atoms in total. The quantitative estimate of drug-likeness (QED) is 0.757. The molecule has 3 rings (SSSR count). The third-order valence-corrected chi connectivity index (χ3v) is 5.36. The lowest BCUT2D eigenvalue weighted by Gasteiger charge is -2.30. The van der Waals surface area contributed by atoms with Crippen LogP contribution in [0, 0.1) is 19.8 Å². The number of hydrogen-bond acceptors (Lipinski definition) is 4. The molecule has 1 aliphatic carbocycles. The van der Waals surface area contributed by atoms with Crippen LogP contribution in [0.5, 0.6) is 0 Å². The van der Waals surface area contributed by atoms with Gasteiger partial charge in [-0.15, -0.1) is 0 Å². The molecule has 25 heavy (non-hydrogen) atoms. The van der Waals surface area contributed by atoms with Gasteiger partial charge in [-0.1, -0.05) is 19.3 Å². The Morgan fingerprint density at radius 2 is 2.12 bits per heavy atom. The summed E-state index contributed by atoms with van der Waals surface area (Å²) < 4.78 is 1.64. The molecule has 0 aromatic carbocycles. The Kier molecular flexibility index (Phi) is 5.22. The molecular formula is C18H27N5O2. The molecule has 2 heterocycles. The normalized spacial score (nSPS) is 16.9. The van der Waals surface area contributed by atoms with Gasteiger partial charge in [0.05, 0.1) is 6.42 Å². The maximum Gasteiger partial charge on any atom is 0.266 e. The molecular weight excluding hydrogens is 318 g/mol. The number of hydrogen-bond donors (Lipinski definition) is 3. The minimum atomic E-state index is -0.197. The number of amides is 1. The Balaban J connectivity index is 1.75. The largest absolute Gasteiger partial charge is 0.352 e. The van der Waals surface area contributed by atoms with Gasteiger partial charge >= 0.3 is 0 Å². The summed E-state index contributed by atoms with van der Waals surface area (Å²) in [5.74, 6) is 0.439. The number of nitrogens with zero attached hydrogens (tertiary/aromatic N) is 2. The third-order valence-electron chi connectivity index (χ3n) is 5.36. The van der Waals surface area contributed by atoms with Gasteiger partial charge in [-0.3, -0.25) is 14.7 Å². The molecule has 1 amide bonds. The summed E-state index contributed by atoms with van der Waals surface area (Å²) in [4.78, 5) is 28.6. The zero-order valence-electron chi connectivity index (χ0n) is 15.0. The van der Waals surface area contributed by atoms with Crippen LogP contribution >= 0.6 is 0 Å². The van der Waals surface area contributed by atoms with Crippen molar-refractivity contribution in [2.24, 2.45) is 11.7 Å². The molecule has 2 aromatic heterocycles. The smallest absolute Gasteiger partial charge is 0.266 e. The topological polar surface area (TPSA) is 105 Å². The van der Waals surface area contributed by atoms with Crippen LogP contribution in [0.15, 0.2) is 10.9 Å². The SMILES string of the molecule is Cc1nc2cc(=O)[nH]n2c(C)c1CC(=O)NC(CN)C1CCCCC1. The summed E-state index contributed by atoms with van der Waals surface area (Å²) in [6.45, 7) is 4.23. The van der Waals surface area contributed by atoms with E-state index in [1.165, 1.54) is 25.3 Å².